The predicted octanol–water partition coefficient (Wildman–Crippen LogP) is 4.08. The number of ketones is 1. The smallest absolute Gasteiger partial charge is 0.162 e. The molecule has 0 saturated carbocycles. The van der Waals surface area contributed by atoms with Crippen molar-refractivity contribution in [2.75, 3.05) is 6.54 Å². The third kappa shape index (κ3) is 4.39. The maximum Gasteiger partial charge on any atom is 0.162 e. The fourth-order valence-corrected chi connectivity index (χ4v) is 2.59. The summed E-state index contributed by atoms with van der Waals surface area (Å²) < 4.78 is 0. The normalized spacial score (nSPS) is 21.9. The van der Waals surface area contributed by atoms with Gasteiger partial charge in [0.15, 0.2) is 5.78 Å². The molecule has 0 aromatic carbocycles. The van der Waals surface area contributed by atoms with Crippen LogP contribution in [0.2, 0.25) is 0 Å². The number of allylic oxidation sites excluding steroid dienone is 2. The van der Waals surface area contributed by atoms with Gasteiger partial charge in [0, 0.05) is 24.8 Å². The van der Waals surface area contributed by atoms with Crippen LogP contribution in [0.25, 0.3) is 0 Å². The molecule has 3 heteroatoms. The Labute approximate surface area is 123 Å². The minimum absolute atomic E-state index is 0.0223. The van der Waals surface area contributed by atoms with E-state index in [2.05, 4.69) is 30.8 Å². The molecule has 3 nitrogen and oxygen atoms in total. The molecule has 0 spiro atoms. The van der Waals surface area contributed by atoms with E-state index in [1.54, 1.807) is 6.08 Å². The van der Waals surface area contributed by atoms with E-state index < -0.39 is 0 Å². The molecular weight excluding hydrogens is 248 g/mol. The summed E-state index contributed by atoms with van der Waals surface area (Å²) >= 11 is 0. The van der Waals surface area contributed by atoms with Gasteiger partial charge in [-0.15, -0.1) is 0 Å². The van der Waals surface area contributed by atoms with Crippen LogP contribution in [-0.2, 0) is 4.79 Å². The van der Waals surface area contributed by atoms with Crippen LogP contribution < -0.4 is 0 Å². The molecule has 0 aromatic rings. The van der Waals surface area contributed by atoms with E-state index in [1.807, 2.05) is 20.1 Å². The van der Waals surface area contributed by atoms with Crippen LogP contribution in [0.4, 0.5) is 0 Å². The topological polar surface area (TPSA) is 41.8 Å². The summed E-state index contributed by atoms with van der Waals surface area (Å²) in [6.45, 7) is 11.2. The maximum absolute atomic E-state index is 12.1. The first-order valence-electron chi connectivity index (χ1n) is 7.84. The third-order valence-electron chi connectivity index (χ3n) is 4.33. The average molecular weight is 276 g/mol. The van der Waals surface area contributed by atoms with Crippen LogP contribution in [0.3, 0.4) is 0 Å². The summed E-state index contributed by atoms with van der Waals surface area (Å²) in [5.41, 5.74) is 1.62. The van der Waals surface area contributed by atoms with E-state index in [4.69, 9.17) is 0 Å². The molecule has 2 unspecified atom stereocenters. The first-order valence-corrected chi connectivity index (χ1v) is 7.84. The zero-order valence-corrected chi connectivity index (χ0v) is 13.5. The van der Waals surface area contributed by atoms with Crippen molar-refractivity contribution in [2.24, 2.45) is 27.7 Å². The van der Waals surface area contributed by atoms with E-state index in [9.17, 15) is 4.79 Å². The Kier molecular flexibility index (Phi) is 6.83. The Morgan fingerprint density at radius 2 is 2.05 bits per heavy atom. The van der Waals surface area contributed by atoms with Crippen LogP contribution in [0, 0.1) is 17.8 Å². The molecule has 1 aliphatic heterocycles. The molecule has 0 N–H and O–H groups in total. The van der Waals surface area contributed by atoms with Crippen molar-refractivity contribution in [3.8, 4) is 0 Å². The summed E-state index contributed by atoms with van der Waals surface area (Å²) in [5, 5.41) is 0. The van der Waals surface area contributed by atoms with Crippen LogP contribution >= 0.6 is 0 Å². The van der Waals surface area contributed by atoms with Crippen LogP contribution in [0.5, 0.6) is 0 Å². The molecule has 0 aromatic heterocycles. The van der Waals surface area contributed by atoms with Gasteiger partial charge in [0.25, 0.3) is 0 Å². The Morgan fingerprint density at radius 1 is 1.40 bits per heavy atom. The van der Waals surface area contributed by atoms with Crippen molar-refractivity contribution >= 4 is 17.7 Å². The molecule has 0 aliphatic carbocycles. The lowest BCUT2D eigenvalue weighted by molar-refractivity contribution is -0.117. The highest BCUT2D eigenvalue weighted by atomic mass is 16.1. The van der Waals surface area contributed by atoms with Crippen molar-refractivity contribution < 1.29 is 4.79 Å². The second kappa shape index (κ2) is 8.13. The fourth-order valence-electron chi connectivity index (χ4n) is 2.59. The van der Waals surface area contributed by atoms with Gasteiger partial charge in [0.1, 0.15) is 0 Å². The molecule has 0 fully saturated rings. The minimum atomic E-state index is 0.0223. The largest absolute Gasteiger partial charge is 0.294 e. The van der Waals surface area contributed by atoms with Crippen LogP contribution in [0.1, 0.15) is 53.9 Å². The quantitative estimate of drug-likeness (QED) is 0.674. The lowest BCUT2D eigenvalue weighted by Gasteiger charge is -2.16. The maximum atomic E-state index is 12.1. The summed E-state index contributed by atoms with van der Waals surface area (Å²) in [6, 6.07) is 0. The van der Waals surface area contributed by atoms with Crippen molar-refractivity contribution in [1.82, 2.24) is 0 Å². The molecule has 112 valence electrons. The van der Waals surface area contributed by atoms with Gasteiger partial charge < -0.3 is 0 Å². The van der Waals surface area contributed by atoms with Gasteiger partial charge in [-0.3, -0.25) is 14.8 Å². The van der Waals surface area contributed by atoms with Crippen LogP contribution in [0.15, 0.2) is 21.8 Å². The Hall–Kier alpha value is -1.25. The zero-order valence-electron chi connectivity index (χ0n) is 13.5. The van der Waals surface area contributed by atoms with Gasteiger partial charge in [-0.05, 0) is 25.2 Å². The second-order valence-electron chi connectivity index (χ2n) is 5.68. The number of nitrogens with zero attached hydrogens (tertiary/aromatic N) is 2. The number of aliphatic imine (C=N–C) groups is 2. The molecule has 2 atom stereocenters. The summed E-state index contributed by atoms with van der Waals surface area (Å²) in [7, 11) is 0. The molecule has 0 bridgehead atoms. The molecular formula is C17H28N2O. The first kappa shape index (κ1) is 16.8. The number of rotatable bonds is 6. The van der Waals surface area contributed by atoms with Crippen molar-refractivity contribution in [1.29, 1.82) is 0 Å². The Morgan fingerprint density at radius 3 is 2.60 bits per heavy atom. The van der Waals surface area contributed by atoms with Gasteiger partial charge in [-0.2, -0.15) is 0 Å². The van der Waals surface area contributed by atoms with Gasteiger partial charge in [0.2, 0.25) is 0 Å². The highest BCUT2D eigenvalue weighted by Gasteiger charge is 2.19. The molecule has 1 heterocycles. The molecule has 0 saturated heterocycles. The summed E-state index contributed by atoms with van der Waals surface area (Å²) in [6.07, 6.45) is 6.82. The molecule has 1 aliphatic rings. The lowest BCUT2D eigenvalue weighted by Crippen LogP contribution is -2.13. The molecule has 20 heavy (non-hydrogen) atoms. The molecule has 1 rings (SSSR count). The van der Waals surface area contributed by atoms with E-state index in [-0.39, 0.29) is 11.7 Å². The van der Waals surface area contributed by atoms with E-state index >= 15 is 0 Å². The fraction of sp³-hybridized carbons (Fsp3) is 0.706. The highest BCUT2D eigenvalue weighted by Crippen LogP contribution is 2.19. The standard InChI is InChI=1S/C17H28N2O/c1-6-14(7-2)12(4)10-19-16-9-17(20)15(8-3)11-18-13(16)5/h9-10,12,14-15H,6-8,11H2,1-5H3. The molecule has 0 amide bonds. The number of carbonyl (C=O) groups excluding carboxylic acids is 1. The number of hydrogen-bond acceptors (Lipinski definition) is 3. The van der Waals surface area contributed by atoms with Gasteiger partial charge in [-0.1, -0.05) is 40.5 Å². The monoisotopic (exact) mass is 276 g/mol. The number of hydrogen-bond donors (Lipinski definition) is 0. The van der Waals surface area contributed by atoms with E-state index in [1.165, 1.54) is 0 Å². The Bertz CT molecular complexity index is 417. The first-order chi connectivity index (χ1) is 9.53. The lowest BCUT2D eigenvalue weighted by atomic mass is 9.90. The highest BCUT2D eigenvalue weighted by molar-refractivity contribution is 6.07. The summed E-state index contributed by atoms with van der Waals surface area (Å²) in [5.74, 6) is 1.27. The summed E-state index contributed by atoms with van der Waals surface area (Å²) in [4.78, 5) is 21.1. The number of carbonyl (C=O) groups is 1. The Balaban J connectivity index is 2.86. The van der Waals surface area contributed by atoms with Crippen LogP contribution in [-0.4, -0.2) is 24.3 Å². The average Bonchev–Trinajstić information content (AvgIpc) is 2.57. The third-order valence-corrected chi connectivity index (χ3v) is 4.33. The van der Waals surface area contributed by atoms with Gasteiger partial charge in [-0.25, -0.2) is 0 Å². The van der Waals surface area contributed by atoms with E-state index in [0.29, 0.717) is 18.4 Å². The van der Waals surface area contributed by atoms with Gasteiger partial charge in [0.05, 0.1) is 11.4 Å². The predicted molar refractivity (Wildman–Crippen MR) is 86.6 cm³/mol. The second-order valence-corrected chi connectivity index (χ2v) is 5.68. The van der Waals surface area contributed by atoms with Crippen molar-refractivity contribution in [3.05, 3.63) is 11.8 Å². The van der Waals surface area contributed by atoms with Gasteiger partial charge >= 0.3 is 0 Å². The molecule has 0 radical (unpaired) electrons. The zero-order chi connectivity index (χ0) is 15.1. The minimum Gasteiger partial charge on any atom is -0.294 e. The van der Waals surface area contributed by atoms with E-state index in [0.717, 1.165) is 30.7 Å². The van der Waals surface area contributed by atoms with Crippen molar-refractivity contribution in [3.63, 3.8) is 0 Å². The SMILES string of the molecule is CCC1CN=C(C)C(N=CC(C)C(CC)CC)=CC1=O. The van der Waals surface area contributed by atoms with Crippen molar-refractivity contribution in [2.45, 2.75) is 53.9 Å².